The summed E-state index contributed by atoms with van der Waals surface area (Å²) in [5.41, 5.74) is 2.67. The van der Waals surface area contributed by atoms with Gasteiger partial charge in [-0.25, -0.2) is 0 Å². The molecule has 1 aliphatic rings. The van der Waals surface area contributed by atoms with Crippen LogP contribution in [-0.2, 0) is 0 Å². The van der Waals surface area contributed by atoms with Gasteiger partial charge in [0, 0.05) is 19.3 Å². The molecule has 2 heteroatoms. The number of hydrogen-bond donors (Lipinski definition) is 1. The summed E-state index contributed by atoms with van der Waals surface area (Å²) in [6.45, 7) is 7.99. The molecule has 1 aliphatic heterocycles. The zero-order valence-corrected chi connectivity index (χ0v) is 10.3. The Hall–Kier alpha value is -0.760. The fourth-order valence-corrected chi connectivity index (χ4v) is 1.87. The Morgan fingerprint density at radius 2 is 1.80 bits per heavy atom. The van der Waals surface area contributed by atoms with Gasteiger partial charge in [0.1, 0.15) is 0 Å². The molecule has 0 amide bonds. The highest BCUT2D eigenvalue weighted by Gasteiger charge is 2.09. The van der Waals surface area contributed by atoms with Crippen molar-refractivity contribution in [3.63, 3.8) is 0 Å². The van der Waals surface area contributed by atoms with Gasteiger partial charge in [-0.3, -0.25) is 4.90 Å². The molecule has 0 unspecified atom stereocenters. The van der Waals surface area contributed by atoms with E-state index >= 15 is 0 Å². The van der Waals surface area contributed by atoms with Gasteiger partial charge in [0.25, 0.3) is 0 Å². The maximum Gasteiger partial charge on any atom is 0.0193 e. The number of piperidine rings is 1. The Kier molecular flexibility index (Phi) is 5.48. The van der Waals surface area contributed by atoms with Crippen molar-refractivity contribution in [3.05, 3.63) is 23.4 Å². The third-order valence-corrected chi connectivity index (χ3v) is 2.93. The zero-order chi connectivity index (χ0) is 11.1. The van der Waals surface area contributed by atoms with Gasteiger partial charge in [-0.2, -0.15) is 0 Å². The lowest BCUT2D eigenvalue weighted by Gasteiger charge is -2.26. The maximum atomic E-state index is 3.13. The van der Waals surface area contributed by atoms with Crippen molar-refractivity contribution in [2.45, 2.75) is 33.1 Å². The summed E-state index contributed by atoms with van der Waals surface area (Å²) in [4.78, 5) is 2.55. The molecule has 0 aliphatic carbocycles. The monoisotopic (exact) mass is 208 g/mol. The van der Waals surface area contributed by atoms with Crippen LogP contribution in [-0.4, -0.2) is 31.6 Å². The summed E-state index contributed by atoms with van der Waals surface area (Å²) in [6, 6.07) is 0. The van der Waals surface area contributed by atoms with E-state index in [9.17, 15) is 0 Å². The van der Waals surface area contributed by atoms with Crippen LogP contribution in [0.25, 0.3) is 0 Å². The van der Waals surface area contributed by atoms with E-state index in [0.717, 1.165) is 6.54 Å². The maximum absolute atomic E-state index is 3.13. The molecule has 0 aromatic rings. The SMILES string of the molecule is CN/C(C)=C\C=C(/C)CN1CCCCC1. The van der Waals surface area contributed by atoms with Crippen molar-refractivity contribution < 1.29 is 0 Å². The van der Waals surface area contributed by atoms with E-state index in [0.29, 0.717) is 0 Å². The summed E-state index contributed by atoms with van der Waals surface area (Å²) in [5, 5.41) is 3.13. The second kappa shape index (κ2) is 6.67. The van der Waals surface area contributed by atoms with E-state index < -0.39 is 0 Å². The van der Waals surface area contributed by atoms with Crippen LogP contribution in [0.15, 0.2) is 23.4 Å². The first-order valence-corrected chi connectivity index (χ1v) is 5.96. The lowest BCUT2D eigenvalue weighted by molar-refractivity contribution is 0.246. The van der Waals surface area contributed by atoms with Crippen LogP contribution in [0.3, 0.4) is 0 Å². The number of hydrogen-bond acceptors (Lipinski definition) is 2. The summed E-state index contributed by atoms with van der Waals surface area (Å²) in [6.07, 6.45) is 8.54. The Morgan fingerprint density at radius 1 is 1.13 bits per heavy atom. The lowest BCUT2D eigenvalue weighted by atomic mass is 10.1. The molecule has 0 atom stereocenters. The van der Waals surface area contributed by atoms with Gasteiger partial charge in [-0.15, -0.1) is 0 Å². The molecule has 0 aromatic carbocycles. The van der Waals surface area contributed by atoms with E-state index in [1.54, 1.807) is 0 Å². The Labute approximate surface area is 94.0 Å². The summed E-state index contributed by atoms with van der Waals surface area (Å²) < 4.78 is 0. The van der Waals surface area contributed by atoms with Crippen molar-refractivity contribution in [1.29, 1.82) is 0 Å². The van der Waals surface area contributed by atoms with E-state index in [1.165, 1.54) is 43.6 Å². The molecule has 0 saturated carbocycles. The smallest absolute Gasteiger partial charge is 0.0193 e. The van der Waals surface area contributed by atoms with Crippen LogP contribution in [0.5, 0.6) is 0 Å². The zero-order valence-electron chi connectivity index (χ0n) is 10.3. The minimum atomic E-state index is 1.13. The van der Waals surface area contributed by atoms with Crippen LogP contribution in [0, 0.1) is 0 Å². The first-order valence-electron chi connectivity index (χ1n) is 5.96. The van der Waals surface area contributed by atoms with Gasteiger partial charge in [-0.1, -0.05) is 18.1 Å². The quantitative estimate of drug-likeness (QED) is 0.714. The van der Waals surface area contributed by atoms with Gasteiger partial charge in [-0.05, 0) is 45.9 Å². The standard InChI is InChI=1S/C13H24N2/c1-12(7-8-13(2)14-3)11-15-9-5-4-6-10-15/h7-8,14H,4-6,9-11H2,1-3H3/b12-7+,13-8-. The molecule has 1 N–H and O–H groups in total. The topological polar surface area (TPSA) is 15.3 Å². The number of rotatable bonds is 4. The highest BCUT2D eigenvalue weighted by Crippen LogP contribution is 2.10. The van der Waals surface area contributed by atoms with Gasteiger partial charge in [0.05, 0.1) is 0 Å². The molecule has 0 spiro atoms. The van der Waals surface area contributed by atoms with E-state index in [-0.39, 0.29) is 0 Å². The molecule has 2 nitrogen and oxygen atoms in total. The van der Waals surface area contributed by atoms with Crippen LogP contribution < -0.4 is 5.32 Å². The predicted molar refractivity (Wildman–Crippen MR) is 66.9 cm³/mol. The Morgan fingerprint density at radius 3 is 2.40 bits per heavy atom. The third-order valence-electron chi connectivity index (χ3n) is 2.93. The first-order chi connectivity index (χ1) is 7.22. The average Bonchev–Trinajstić information content (AvgIpc) is 2.27. The number of nitrogens with zero attached hydrogens (tertiary/aromatic N) is 1. The second-order valence-electron chi connectivity index (χ2n) is 4.45. The summed E-state index contributed by atoms with van der Waals surface area (Å²) in [7, 11) is 1.96. The van der Waals surface area contributed by atoms with Crippen molar-refractivity contribution in [3.8, 4) is 0 Å². The molecule has 1 fully saturated rings. The Balaban J connectivity index is 2.36. The number of nitrogens with one attached hydrogen (secondary N) is 1. The molecule has 0 radical (unpaired) electrons. The minimum absolute atomic E-state index is 1.13. The Bertz CT molecular complexity index is 235. The summed E-state index contributed by atoms with van der Waals surface area (Å²) >= 11 is 0. The lowest BCUT2D eigenvalue weighted by Crippen LogP contribution is -2.31. The fraction of sp³-hybridized carbons (Fsp3) is 0.692. The largest absolute Gasteiger partial charge is 0.392 e. The number of allylic oxidation sites excluding steroid dienone is 3. The van der Waals surface area contributed by atoms with Crippen LogP contribution in [0.1, 0.15) is 33.1 Å². The van der Waals surface area contributed by atoms with Crippen molar-refractivity contribution in [2.24, 2.45) is 0 Å². The van der Waals surface area contributed by atoms with E-state index in [1.807, 2.05) is 7.05 Å². The first kappa shape index (κ1) is 12.3. The van der Waals surface area contributed by atoms with Crippen molar-refractivity contribution in [1.82, 2.24) is 10.2 Å². The fourth-order valence-electron chi connectivity index (χ4n) is 1.87. The van der Waals surface area contributed by atoms with Crippen LogP contribution in [0.2, 0.25) is 0 Å². The van der Waals surface area contributed by atoms with Crippen LogP contribution in [0.4, 0.5) is 0 Å². The van der Waals surface area contributed by atoms with Crippen molar-refractivity contribution in [2.75, 3.05) is 26.7 Å². The molecule has 1 saturated heterocycles. The molecular weight excluding hydrogens is 184 g/mol. The molecule has 0 aromatic heterocycles. The summed E-state index contributed by atoms with van der Waals surface area (Å²) in [5.74, 6) is 0. The predicted octanol–water partition coefficient (Wildman–Crippen LogP) is 2.54. The van der Waals surface area contributed by atoms with Gasteiger partial charge in [0.2, 0.25) is 0 Å². The molecule has 86 valence electrons. The van der Waals surface area contributed by atoms with E-state index in [4.69, 9.17) is 0 Å². The van der Waals surface area contributed by atoms with Crippen molar-refractivity contribution >= 4 is 0 Å². The second-order valence-corrected chi connectivity index (χ2v) is 4.45. The molecule has 0 bridgehead atoms. The molecule has 1 rings (SSSR count). The molecule has 1 heterocycles. The number of likely N-dealkylation sites (tertiary alicyclic amines) is 1. The minimum Gasteiger partial charge on any atom is -0.392 e. The van der Waals surface area contributed by atoms with Crippen LogP contribution >= 0.6 is 0 Å². The normalized spacial score (nSPS) is 20.5. The van der Waals surface area contributed by atoms with E-state index in [2.05, 4.69) is 36.2 Å². The van der Waals surface area contributed by atoms with Gasteiger partial charge in [0.15, 0.2) is 0 Å². The third kappa shape index (κ3) is 5.03. The molecule has 15 heavy (non-hydrogen) atoms. The average molecular weight is 208 g/mol. The van der Waals surface area contributed by atoms with Gasteiger partial charge < -0.3 is 5.32 Å². The molecular formula is C13H24N2. The highest BCUT2D eigenvalue weighted by atomic mass is 15.1. The van der Waals surface area contributed by atoms with Gasteiger partial charge >= 0.3 is 0 Å². The highest BCUT2D eigenvalue weighted by molar-refractivity contribution is 5.15.